The van der Waals surface area contributed by atoms with Crippen LogP contribution in [0.5, 0.6) is 0 Å². The molecule has 134 valence electrons. The Morgan fingerprint density at radius 1 is 1.19 bits per heavy atom. The number of para-hydroxylation sites is 1. The number of aryl methyl sites for hydroxylation is 2. The number of rotatable bonds is 6. The summed E-state index contributed by atoms with van der Waals surface area (Å²) < 4.78 is 9.18. The number of fused-ring (bicyclic) bond motifs is 1. The molecule has 0 amide bonds. The first-order chi connectivity index (χ1) is 12.4. The van der Waals surface area contributed by atoms with Crippen molar-refractivity contribution in [2.24, 2.45) is 7.05 Å². The molecule has 0 aliphatic heterocycles. The molecule has 0 N–H and O–H groups in total. The van der Waals surface area contributed by atoms with Gasteiger partial charge in [-0.25, -0.2) is 4.79 Å². The molecule has 3 rings (SSSR count). The molecule has 0 radical (unpaired) electrons. The molecule has 1 aromatic carbocycles. The highest BCUT2D eigenvalue weighted by atomic mass is 16.5. The highest BCUT2D eigenvalue weighted by Gasteiger charge is 2.19. The van der Waals surface area contributed by atoms with Crippen molar-refractivity contribution in [1.82, 2.24) is 9.13 Å². The van der Waals surface area contributed by atoms with Gasteiger partial charge in [0.2, 0.25) is 5.78 Å². The van der Waals surface area contributed by atoms with Gasteiger partial charge in [-0.05, 0) is 26.0 Å². The number of ether oxygens (including phenoxy) is 1. The second kappa shape index (κ2) is 7.04. The molecule has 2 aromatic heterocycles. The third-order valence-corrected chi connectivity index (χ3v) is 4.64. The summed E-state index contributed by atoms with van der Waals surface area (Å²) >= 11 is 0. The highest BCUT2D eigenvalue weighted by molar-refractivity contribution is 6.06. The van der Waals surface area contributed by atoms with Gasteiger partial charge in [0.15, 0.2) is 6.61 Å². The highest BCUT2D eigenvalue weighted by Crippen LogP contribution is 2.21. The Morgan fingerprint density at radius 2 is 1.92 bits per heavy atom. The van der Waals surface area contributed by atoms with Gasteiger partial charge in [-0.15, -0.1) is 6.58 Å². The van der Waals surface area contributed by atoms with Crippen LogP contribution in [0.15, 0.2) is 49.2 Å². The minimum Gasteiger partial charge on any atom is -0.454 e. The van der Waals surface area contributed by atoms with Crippen molar-refractivity contribution >= 4 is 22.7 Å². The Labute approximate surface area is 152 Å². The summed E-state index contributed by atoms with van der Waals surface area (Å²) in [4.78, 5) is 25.0. The number of nitrogens with zero attached hydrogens (tertiary/aromatic N) is 2. The first-order valence-electron chi connectivity index (χ1n) is 8.46. The van der Waals surface area contributed by atoms with Crippen molar-refractivity contribution in [1.29, 1.82) is 0 Å². The van der Waals surface area contributed by atoms with E-state index in [9.17, 15) is 9.59 Å². The molecule has 0 spiro atoms. The number of carbonyl (C=O) groups excluding carboxylic acids is 2. The third kappa shape index (κ3) is 3.08. The van der Waals surface area contributed by atoms with Crippen LogP contribution in [0.25, 0.3) is 10.9 Å². The average molecular weight is 350 g/mol. The fourth-order valence-electron chi connectivity index (χ4n) is 3.28. The summed E-state index contributed by atoms with van der Waals surface area (Å²) in [5.41, 5.74) is 3.82. The maximum absolute atomic E-state index is 12.5. The quantitative estimate of drug-likeness (QED) is 0.386. The molecule has 0 aliphatic carbocycles. The van der Waals surface area contributed by atoms with Gasteiger partial charge in [0.05, 0.1) is 5.56 Å². The molecule has 0 unspecified atom stereocenters. The SMILES string of the molecule is C=CCn1c(C)cc(C(=O)COC(=O)c2cn(C)c3ccccc23)c1C. The Bertz CT molecular complexity index is 1010. The summed E-state index contributed by atoms with van der Waals surface area (Å²) in [6.07, 6.45) is 3.52. The fourth-order valence-corrected chi connectivity index (χ4v) is 3.28. The normalized spacial score (nSPS) is 10.9. The van der Waals surface area contributed by atoms with E-state index in [4.69, 9.17) is 4.74 Å². The van der Waals surface area contributed by atoms with Crippen LogP contribution in [-0.4, -0.2) is 27.5 Å². The number of hydrogen-bond acceptors (Lipinski definition) is 3. The van der Waals surface area contributed by atoms with Crippen LogP contribution in [0.1, 0.15) is 32.1 Å². The van der Waals surface area contributed by atoms with E-state index in [0.717, 1.165) is 22.3 Å². The van der Waals surface area contributed by atoms with E-state index < -0.39 is 5.97 Å². The molecule has 5 heteroatoms. The number of ketones is 1. The smallest absolute Gasteiger partial charge is 0.340 e. The summed E-state index contributed by atoms with van der Waals surface area (Å²) in [5.74, 6) is -0.697. The van der Waals surface area contributed by atoms with Gasteiger partial charge in [0, 0.05) is 47.6 Å². The van der Waals surface area contributed by atoms with Crippen LogP contribution >= 0.6 is 0 Å². The van der Waals surface area contributed by atoms with E-state index >= 15 is 0 Å². The first-order valence-corrected chi connectivity index (χ1v) is 8.46. The van der Waals surface area contributed by atoms with Crippen molar-refractivity contribution in [3.8, 4) is 0 Å². The number of hydrogen-bond donors (Lipinski definition) is 0. The Hall–Kier alpha value is -3.08. The summed E-state index contributed by atoms with van der Waals surface area (Å²) in [7, 11) is 1.87. The monoisotopic (exact) mass is 350 g/mol. The predicted molar refractivity (Wildman–Crippen MR) is 102 cm³/mol. The van der Waals surface area contributed by atoms with Gasteiger partial charge in [0.1, 0.15) is 0 Å². The second-order valence-electron chi connectivity index (χ2n) is 6.35. The third-order valence-electron chi connectivity index (χ3n) is 4.64. The van der Waals surface area contributed by atoms with Crippen LogP contribution in [-0.2, 0) is 18.3 Å². The lowest BCUT2D eigenvalue weighted by molar-refractivity contribution is 0.0476. The molecule has 0 fully saturated rings. The first kappa shape index (κ1) is 17.7. The van der Waals surface area contributed by atoms with E-state index in [1.165, 1.54) is 0 Å². The zero-order valence-electron chi connectivity index (χ0n) is 15.3. The van der Waals surface area contributed by atoms with Gasteiger partial charge in [0.25, 0.3) is 0 Å². The fraction of sp³-hybridized carbons (Fsp3) is 0.238. The van der Waals surface area contributed by atoms with Crippen molar-refractivity contribution < 1.29 is 14.3 Å². The zero-order valence-corrected chi connectivity index (χ0v) is 15.3. The summed E-state index contributed by atoms with van der Waals surface area (Å²) in [6, 6.07) is 9.42. The largest absolute Gasteiger partial charge is 0.454 e. The van der Waals surface area contributed by atoms with Crippen molar-refractivity contribution in [3.63, 3.8) is 0 Å². The number of carbonyl (C=O) groups is 2. The van der Waals surface area contributed by atoms with Crippen LogP contribution in [0, 0.1) is 13.8 Å². The van der Waals surface area contributed by atoms with E-state index in [-0.39, 0.29) is 12.4 Å². The maximum atomic E-state index is 12.5. The van der Waals surface area contributed by atoms with E-state index in [1.807, 2.05) is 60.4 Å². The van der Waals surface area contributed by atoms with E-state index in [2.05, 4.69) is 6.58 Å². The van der Waals surface area contributed by atoms with Gasteiger partial charge in [-0.3, -0.25) is 4.79 Å². The number of allylic oxidation sites excluding steroid dienone is 1. The number of Topliss-reactive ketones (excluding diaryl/α,β-unsaturated/α-hetero) is 1. The molecule has 0 atom stereocenters. The van der Waals surface area contributed by atoms with E-state index in [1.54, 1.807) is 12.3 Å². The molecular formula is C21H22N2O3. The van der Waals surface area contributed by atoms with E-state index in [0.29, 0.717) is 17.7 Å². The molecule has 26 heavy (non-hydrogen) atoms. The standard InChI is InChI=1S/C21H22N2O3/c1-5-10-23-14(2)11-17(15(23)3)20(24)13-26-21(25)18-12-22(4)19-9-7-6-8-16(18)19/h5-9,11-12H,1,10,13H2,2-4H3. The van der Waals surface area contributed by atoms with Gasteiger partial charge in [-0.2, -0.15) is 0 Å². The van der Waals surface area contributed by atoms with Gasteiger partial charge in [-0.1, -0.05) is 24.3 Å². The number of esters is 1. The summed E-state index contributed by atoms with van der Waals surface area (Å²) in [6.45, 7) is 7.92. The van der Waals surface area contributed by atoms with Gasteiger partial charge < -0.3 is 13.9 Å². The van der Waals surface area contributed by atoms with Crippen LogP contribution < -0.4 is 0 Å². The molecule has 0 bridgehead atoms. The van der Waals surface area contributed by atoms with Crippen LogP contribution in [0.4, 0.5) is 0 Å². The molecule has 2 heterocycles. The average Bonchev–Trinajstić information content (AvgIpc) is 3.12. The summed E-state index contributed by atoms with van der Waals surface area (Å²) in [5, 5.41) is 0.816. The van der Waals surface area contributed by atoms with Crippen molar-refractivity contribution in [2.75, 3.05) is 6.61 Å². The second-order valence-corrected chi connectivity index (χ2v) is 6.35. The molecule has 0 saturated heterocycles. The molecule has 3 aromatic rings. The minimum absolute atomic E-state index is 0.206. The molecule has 5 nitrogen and oxygen atoms in total. The molecule has 0 saturated carbocycles. The van der Waals surface area contributed by atoms with Crippen LogP contribution in [0.2, 0.25) is 0 Å². The number of benzene rings is 1. The Balaban J connectivity index is 1.76. The molecular weight excluding hydrogens is 328 g/mol. The predicted octanol–water partition coefficient (Wildman–Crippen LogP) is 3.82. The Morgan fingerprint density at radius 3 is 2.65 bits per heavy atom. The lowest BCUT2D eigenvalue weighted by atomic mass is 10.1. The topological polar surface area (TPSA) is 53.2 Å². The lowest BCUT2D eigenvalue weighted by Gasteiger charge is -2.06. The van der Waals surface area contributed by atoms with Gasteiger partial charge >= 0.3 is 5.97 Å². The van der Waals surface area contributed by atoms with Crippen LogP contribution in [0.3, 0.4) is 0 Å². The Kier molecular flexibility index (Phi) is 4.80. The minimum atomic E-state index is -0.491. The molecule has 0 aliphatic rings. The zero-order chi connectivity index (χ0) is 18.8. The maximum Gasteiger partial charge on any atom is 0.340 e. The van der Waals surface area contributed by atoms with Crippen molar-refractivity contribution in [2.45, 2.75) is 20.4 Å². The van der Waals surface area contributed by atoms with Crippen molar-refractivity contribution in [3.05, 3.63) is 71.7 Å². The lowest BCUT2D eigenvalue weighted by Crippen LogP contribution is -2.15. The number of aromatic nitrogens is 2.